The lowest BCUT2D eigenvalue weighted by molar-refractivity contribution is -0.125. The first-order chi connectivity index (χ1) is 10.4. The lowest BCUT2D eigenvalue weighted by Gasteiger charge is -2.12. The number of aryl methyl sites for hydroxylation is 1. The molecule has 0 fully saturated rings. The van der Waals surface area contributed by atoms with Crippen molar-refractivity contribution in [3.63, 3.8) is 0 Å². The highest BCUT2D eigenvalue weighted by Gasteiger charge is 2.17. The Hall–Kier alpha value is -2.70. The number of aromatic nitrogens is 1. The molecule has 0 saturated carbocycles. The maximum Gasteiger partial charge on any atom is 0.247 e. The SMILES string of the molecule is Cc1cc(NC(=O)[C@@H](C)NC(=O)Cc2ccc(F)cc2)no1. The van der Waals surface area contributed by atoms with Crippen molar-refractivity contribution < 1.29 is 18.5 Å². The van der Waals surface area contributed by atoms with E-state index >= 15 is 0 Å². The smallest absolute Gasteiger partial charge is 0.247 e. The van der Waals surface area contributed by atoms with Crippen molar-refractivity contribution in [2.75, 3.05) is 5.32 Å². The van der Waals surface area contributed by atoms with Gasteiger partial charge in [0.25, 0.3) is 0 Å². The summed E-state index contributed by atoms with van der Waals surface area (Å²) in [6, 6.07) is 6.46. The third kappa shape index (κ3) is 4.41. The Balaban J connectivity index is 1.85. The summed E-state index contributed by atoms with van der Waals surface area (Å²) in [5.41, 5.74) is 0.665. The van der Waals surface area contributed by atoms with E-state index in [1.54, 1.807) is 19.9 Å². The zero-order chi connectivity index (χ0) is 16.1. The molecular formula is C15H16FN3O3. The first kappa shape index (κ1) is 15.7. The van der Waals surface area contributed by atoms with Crippen LogP contribution in [-0.2, 0) is 16.0 Å². The monoisotopic (exact) mass is 305 g/mol. The van der Waals surface area contributed by atoms with Crippen LogP contribution in [0.2, 0.25) is 0 Å². The Morgan fingerprint density at radius 3 is 2.59 bits per heavy atom. The summed E-state index contributed by atoms with van der Waals surface area (Å²) in [5.74, 6) is -0.225. The van der Waals surface area contributed by atoms with Crippen LogP contribution in [0, 0.1) is 12.7 Å². The highest BCUT2D eigenvalue weighted by Crippen LogP contribution is 2.07. The number of halogens is 1. The van der Waals surface area contributed by atoms with Gasteiger partial charge >= 0.3 is 0 Å². The summed E-state index contributed by atoms with van der Waals surface area (Å²) in [7, 11) is 0. The van der Waals surface area contributed by atoms with E-state index in [0.29, 0.717) is 17.1 Å². The molecule has 0 aliphatic heterocycles. The van der Waals surface area contributed by atoms with E-state index in [1.807, 2.05) is 0 Å². The number of amides is 2. The largest absolute Gasteiger partial charge is 0.360 e. The van der Waals surface area contributed by atoms with Crippen molar-refractivity contribution in [2.45, 2.75) is 26.3 Å². The van der Waals surface area contributed by atoms with Gasteiger partial charge in [0.2, 0.25) is 11.8 Å². The molecule has 22 heavy (non-hydrogen) atoms. The quantitative estimate of drug-likeness (QED) is 0.882. The van der Waals surface area contributed by atoms with Crippen LogP contribution in [0.15, 0.2) is 34.9 Å². The summed E-state index contributed by atoms with van der Waals surface area (Å²) in [4.78, 5) is 23.7. The Bertz CT molecular complexity index is 667. The van der Waals surface area contributed by atoms with E-state index in [-0.39, 0.29) is 18.1 Å². The molecule has 116 valence electrons. The van der Waals surface area contributed by atoms with Crippen molar-refractivity contribution in [3.05, 3.63) is 47.5 Å². The second-order valence-corrected chi connectivity index (χ2v) is 4.90. The zero-order valence-corrected chi connectivity index (χ0v) is 12.2. The van der Waals surface area contributed by atoms with E-state index in [1.165, 1.54) is 24.3 Å². The molecule has 2 N–H and O–H groups in total. The first-order valence-electron chi connectivity index (χ1n) is 6.72. The van der Waals surface area contributed by atoms with Gasteiger partial charge in [-0.15, -0.1) is 0 Å². The van der Waals surface area contributed by atoms with E-state index < -0.39 is 11.9 Å². The van der Waals surface area contributed by atoms with Crippen LogP contribution < -0.4 is 10.6 Å². The van der Waals surface area contributed by atoms with E-state index in [2.05, 4.69) is 15.8 Å². The summed E-state index contributed by atoms with van der Waals surface area (Å²) in [5, 5.41) is 8.74. The molecule has 6 nitrogen and oxygen atoms in total. The molecule has 1 aromatic heterocycles. The lowest BCUT2D eigenvalue weighted by atomic mass is 10.1. The van der Waals surface area contributed by atoms with Crippen molar-refractivity contribution in [2.24, 2.45) is 0 Å². The number of carbonyl (C=O) groups excluding carboxylic acids is 2. The third-order valence-electron chi connectivity index (χ3n) is 2.93. The number of benzene rings is 1. The molecule has 0 aliphatic rings. The minimum atomic E-state index is -0.732. The van der Waals surface area contributed by atoms with Gasteiger partial charge in [0.15, 0.2) is 5.82 Å². The number of anilines is 1. The van der Waals surface area contributed by atoms with Crippen LogP contribution in [0.25, 0.3) is 0 Å². The molecule has 1 atom stereocenters. The van der Waals surface area contributed by atoms with Gasteiger partial charge in [-0.1, -0.05) is 17.3 Å². The van der Waals surface area contributed by atoms with Gasteiger partial charge in [-0.2, -0.15) is 0 Å². The molecule has 0 aliphatic carbocycles. The standard InChI is InChI=1S/C15H16FN3O3/c1-9-7-13(19-22-9)18-15(21)10(2)17-14(20)8-11-3-5-12(16)6-4-11/h3-7,10H,8H2,1-2H3,(H,17,20)(H,18,19,21)/t10-/m1/s1. The molecule has 2 aromatic rings. The molecule has 1 heterocycles. The van der Waals surface area contributed by atoms with Crippen LogP contribution >= 0.6 is 0 Å². The fourth-order valence-electron chi connectivity index (χ4n) is 1.81. The second kappa shape index (κ2) is 6.84. The topological polar surface area (TPSA) is 84.2 Å². The third-order valence-corrected chi connectivity index (χ3v) is 2.93. The van der Waals surface area contributed by atoms with Gasteiger partial charge in [0.1, 0.15) is 17.6 Å². The normalized spacial score (nSPS) is 11.8. The Labute approximate surface area is 126 Å². The van der Waals surface area contributed by atoms with Gasteiger partial charge < -0.3 is 15.2 Å². The average Bonchev–Trinajstić information content (AvgIpc) is 2.86. The molecule has 1 aromatic carbocycles. The predicted octanol–water partition coefficient (Wildman–Crippen LogP) is 1.81. The Morgan fingerprint density at radius 2 is 2.00 bits per heavy atom. The summed E-state index contributed by atoms with van der Waals surface area (Å²) < 4.78 is 17.6. The molecular weight excluding hydrogens is 289 g/mol. The molecule has 2 amide bonds. The maximum atomic E-state index is 12.8. The average molecular weight is 305 g/mol. The zero-order valence-electron chi connectivity index (χ0n) is 12.2. The fraction of sp³-hybridized carbons (Fsp3) is 0.267. The number of rotatable bonds is 5. The summed E-state index contributed by atoms with van der Waals surface area (Å²) in [6.45, 7) is 3.27. The van der Waals surface area contributed by atoms with Crippen LogP contribution in [0.1, 0.15) is 18.2 Å². The first-order valence-corrected chi connectivity index (χ1v) is 6.72. The molecule has 0 bridgehead atoms. The molecule has 7 heteroatoms. The van der Waals surface area contributed by atoms with Crippen LogP contribution in [0.4, 0.5) is 10.2 Å². The molecule has 0 saturated heterocycles. The van der Waals surface area contributed by atoms with Gasteiger partial charge in [-0.3, -0.25) is 9.59 Å². The summed E-state index contributed by atoms with van der Waals surface area (Å²) in [6.07, 6.45) is 0.0704. The predicted molar refractivity (Wildman–Crippen MR) is 77.6 cm³/mol. The van der Waals surface area contributed by atoms with Gasteiger partial charge in [0, 0.05) is 6.07 Å². The van der Waals surface area contributed by atoms with Crippen molar-refractivity contribution in [3.8, 4) is 0 Å². The van der Waals surface area contributed by atoms with Crippen molar-refractivity contribution in [1.29, 1.82) is 0 Å². The maximum absolute atomic E-state index is 12.8. The number of nitrogens with zero attached hydrogens (tertiary/aromatic N) is 1. The van der Waals surface area contributed by atoms with Crippen LogP contribution in [0.3, 0.4) is 0 Å². The fourth-order valence-corrected chi connectivity index (χ4v) is 1.81. The van der Waals surface area contributed by atoms with Crippen LogP contribution in [-0.4, -0.2) is 23.0 Å². The highest BCUT2D eigenvalue weighted by molar-refractivity contribution is 5.96. The van der Waals surface area contributed by atoms with Crippen LogP contribution in [0.5, 0.6) is 0 Å². The molecule has 0 radical (unpaired) electrons. The van der Waals surface area contributed by atoms with Crippen molar-refractivity contribution in [1.82, 2.24) is 10.5 Å². The van der Waals surface area contributed by atoms with Crippen molar-refractivity contribution >= 4 is 17.6 Å². The number of hydrogen-bond acceptors (Lipinski definition) is 4. The minimum Gasteiger partial charge on any atom is -0.360 e. The Morgan fingerprint density at radius 1 is 1.32 bits per heavy atom. The minimum absolute atomic E-state index is 0.0704. The molecule has 2 rings (SSSR count). The molecule has 0 spiro atoms. The number of nitrogens with one attached hydrogen (secondary N) is 2. The Kier molecular flexibility index (Phi) is 4.88. The number of carbonyl (C=O) groups is 2. The lowest BCUT2D eigenvalue weighted by Crippen LogP contribution is -2.42. The van der Waals surface area contributed by atoms with Gasteiger partial charge in [-0.25, -0.2) is 4.39 Å². The van der Waals surface area contributed by atoms with E-state index in [9.17, 15) is 14.0 Å². The van der Waals surface area contributed by atoms with Gasteiger partial charge in [-0.05, 0) is 31.5 Å². The highest BCUT2D eigenvalue weighted by atomic mass is 19.1. The van der Waals surface area contributed by atoms with E-state index in [0.717, 1.165) is 0 Å². The summed E-state index contributed by atoms with van der Waals surface area (Å²) >= 11 is 0. The van der Waals surface area contributed by atoms with E-state index in [4.69, 9.17) is 4.52 Å². The second-order valence-electron chi connectivity index (χ2n) is 4.90. The molecule has 0 unspecified atom stereocenters. The number of hydrogen-bond donors (Lipinski definition) is 2. The van der Waals surface area contributed by atoms with Gasteiger partial charge in [0.05, 0.1) is 6.42 Å².